The number of hydrogen-bond acceptors (Lipinski definition) is 3. The summed E-state index contributed by atoms with van der Waals surface area (Å²) in [6.45, 7) is 2.78. The highest BCUT2D eigenvalue weighted by atomic mass is 32.1. The molecule has 2 N–H and O–H groups in total. The fraction of sp³-hybridized carbons (Fsp3) is 0.333. The van der Waals surface area contributed by atoms with Crippen LogP contribution >= 0.6 is 11.3 Å². The van der Waals surface area contributed by atoms with Crippen LogP contribution in [0.15, 0.2) is 17.5 Å². The lowest BCUT2D eigenvalue weighted by molar-refractivity contribution is -0.146. The summed E-state index contributed by atoms with van der Waals surface area (Å²) < 4.78 is 0. The number of carbonyl (C=O) groups excluding carboxylic acids is 1. The maximum absolute atomic E-state index is 11.0. The summed E-state index contributed by atoms with van der Waals surface area (Å²) in [5.74, 6) is -1.42. The molecule has 0 bridgehead atoms. The molecule has 0 aliphatic rings. The van der Waals surface area contributed by atoms with Crippen LogP contribution in [0.3, 0.4) is 0 Å². The molecule has 4 nitrogen and oxygen atoms in total. The van der Waals surface area contributed by atoms with Crippen molar-refractivity contribution in [2.45, 2.75) is 19.4 Å². The topological polar surface area (TPSA) is 66.4 Å². The molecule has 1 rings (SSSR count). The van der Waals surface area contributed by atoms with Crippen LogP contribution in [0.4, 0.5) is 0 Å². The van der Waals surface area contributed by atoms with Crippen LogP contribution in [-0.4, -0.2) is 17.0 Å². The molecule has 0 saturated carbocycles. The van der Waals surface area contributed by atoms with E-state index < -0.39 is 11.5 Å². The monoisotopic (exact) mass is 213 g/mol. The van der Waals surface area contributed by atoms with Crippen molar-refractivity contribution >= 4 is 23.2 Å². The van der Waals surface area contributed by atoms with Crippen LogP contribution in [0.1, 0.15) is 18.7 Å². The Hall–Kier alpha value is -1.36. The third-order valence-electron chi connectivity index (χ3n) is 1.87. The number of carbonyl (C=O) groups is 2. The van der Waals surface area contributed by atoms with Gasteiger partial charge in [0.15, 0.2) is 5.54 Å². The first kappa shape index (κ1) is 10.7. The van der Waals surface area contributed by atoms with Crippen molar-refractivity contribution in [2.75, 3.05) is 0 Å². The molecular weight excluding hydrogens is 202 g/mol. The molecule has 1 aromatic heterocycles. The zero-order valence-corrected chi connectivity index (χ0v) is 8.72. The third-order valence-corrected chi connectivity index (χ3v) is 2.96. The fourth-order valence-corrected chi connectivity index (χ4v) is 1.97. The lowest BCUT2D eigenvalue weighted by Crippen LogP contribution is -2.48. The Morgan fingerprint density at radius 2 is 2.21 bits per heavy atom. The van der Waals surface area contributed by atoms with E-state index in [4.69, 9.17) is 5.11 Å². The van der Waals surface area contributed by atoms with Gasteiger partial charge in [-0.15, -0.1) is 11.3 Å². The first-order valence-electron chi connectivity index (χ1n) is 4.03. The number of carboxylic acids is 1. The molecule has 1 heterocycles. The lowest BCUT2D eigenvalue weighted by atomic mass is 10.0. The van der Waals surface area contributed by atoms with Crippen molar-refractivity contribution in [1.82, 2.24) is 5.32 Å². The molecule has 1 atom stereocenters. The number of hydrogen-bond donors (Lipinski definition) is 2. The highest BCUT2D eigenvalue weighted by Gasteiger charge is 2.36. The zero-order chi connectivity index (χ0) is 10.8. The number of rotatable bonds is 3. The Bertz CT molecular complexity index is 347. The van der Waals surface area contributed by atoms with E-state index in [2.05, 4.69) is 5.32 Å². The minimum absolute atomic E-state index is 0.358. The molecule has 0 aliphatic heterocycles. The Kier molecular flexibility index (Phi) is 2.90. The number of aliphatic carboxylic acids is 1. The summed E-state index contributed by atoms with van der Waals surface area (Å²) in [5.41, 5.74) is -1.32. The molecule has 0 saturated heterocycles. The van der Waals surface area contributed by atoms with E-state index in [1.54, 1.807) is 17.5 Å². The van der Waals surface area contributed by atoms with Crippen molar-refractivity contribution in [3.05, 3.63) is 22.4 Å². The van der Waals surface area contributed by atoms with E-state index >= 15 is 0 Å². The maximum atomic E-state index is 11.0. The minimum Gasteiger partial charge on any atom is -0.479 e. The summed E-state index contributed by atoms with van der Waals surface area (Å²) in [6.07, 6.45) is 0. The molecule has 1 aromatic rings. The minimum atomic E-state index is -1.32. The zero-order valence-electron chi connectivity index (χ0n) is 7.90. The van der Waals surface area contributed by atoms with E-state index in [9.17, 15) is 9.59 Å². The standard InChI is InChI=1S/C9H11NO3S/c1-6(11)10-9(2,8(12)13)7-4-3-5-14-7/h3-5H,1-2H3,(H,10,11)(H,12,13)/t9-/m1/s1. The molecule has 0 radical (unpaired) electrons. The van der Waals surface area contributed by atoms with Crippen LogP contribution in [0, 0.1) is 0 Å². The van der Waals surface area contributed by atoms with Crippen molar-refractivity contribution in [1.29, 1.82) is 0 Å². The van der Waals surface area contributed by atoms with Crippen molar-refractivity contribution in [2.24, 2.45) is 0 Å². The molecule has 1 amide bonds. The van der Waals surface area contributed by atoms with E-state index in [1.165, 1.54) is 25.2 Å². The number of thiophene rings is 1. The van der Waals surface area contributed by atoms with E-state index in [-0.39, 0.29) is 5.91 Å². The smallest absolute Gasteiger partial charge is 0.334 e. The Balaban J connectivity index is 3.05. The van der Waals surface area contributed by atoms with E-state index in [1.807, 2.05) is 0 Å². The molecule has 0 spiro atoms. The van der Waals surface area contributed by atoms with Gasteiger partial charge in [0.05, 0.1) is 0 Å². The predicted octanol–water partition coefficient (Wildman–Crippen LogP) is 1.18. The highest BCUT2D eigenvalue weighted by molar-refractivity contribution is 7.10. The second kappa shape index (κ2) is 3.79. The van der Waals surface area contributed by atoms with Gasteiger partial charge in [0, 0.05) is 11.8 Å². The van der Waals surface area contributed by atoms with Gasteiger partial charge in [-0.1, -0.05) is 6.07 Å². The molecule has 0 aliphatic carbocycles. The van der Waals surface area contributed by atoms with Crippen molar-refractivity contribution in [3.63, 3.8) is 0 Å². The number of amides is 1. The van der Waals surface area contributed by atoms with Crippen molar-refractivity contribution < 1.29 is 14.7 Å². The molecule has 0 aromatic carbocycles. The van der Waals surface area contributed by atoms with Gasteiger partial charge in [-0.05, 0) is 18.4 Å². The maximum Gasteiger partial charge on any atom is 0.334 e. The first-order valence-corrected chi connectivity index (χ1v) is 4.91. The Labute approximate surface area is 85.6 Å². The number of nitrogens with one attached hydrogen (secondary N) is 1. The average molecular weight is 213 g/mol. The second-order valence-corrected chi connectivity index (χ2v) is 4.04. The largest absolute Gasteiger partial charge is 0.479 e. The van der Waals surface area contributed by atoms with Gasteiger partial charge in [0.25, 0.3) is 0 Å². The van der Waals surface area contributed by atoms with Crippen LogP contribution in [-0.2, 0) is 15.1 Å². The van der Waals surface area contributed by atoms with Crippen LogP contribution in [0.25, 0.3) is 0 Å². The quantitative estimate of drug-likeness (QED) is 0.792. The predicted molar refractivity (Wildman–Crippen MR) is 53.1 cm³/mol. The summed E-state index contributed by atoms with van der Waals surface area (Å²) in [4.78, 5) is 22.5. The van der Waals surface area contributed by atoms with Crippen molar-refractivity contribution in [3.8, 4) is 0 Å². The van der Waals surface area contributed by atoms with Gasteiger partial charge >= 0.3 is 5.97 Å². The Morgan fingerprint density at radius 3 is 2.57 bits per heavy atom. The van der Waals surface area contributed by atoms with Crippen LogP contribution in [0.5, 0.6) is 0 Å². The number of carboxylic acid groups (broad SMARTS) is 1. The Morgan fingerprint density at radius 1 is 1.57 bits per heavy atom. The molecule has 0 unspecified atom stereocenters. The molecule has 5 heteroatoms. The molecular formula is C9H11NO3S. The average Bonchev–Trinajstić information content (AvgIpc) is 2.53. The van der Waals surface area contributed by atoms with Gasteiger partial charge in [0.1, 0.15) is 0 Å². The molecule has 14 heavy (non-hydrogen) atoms. The summed E-state index contributed by atoms with van der Waals surface area (Å²) in [7, 11) is 0. The lowest BCUT2D eigenvalue weighted by Gasteiger charge is -2.24. The van der Waals surface area contributed by atoms with Gasteiger partial charge in [-0.25, -0.2) is 4.79 Å². The van der Waals surface area contributed by atoms with E-state index in [0.29, 0.717) is 4.88 Å². The molecule has 0 fully saturated rings. The normalized spacial score (nSPS) is 14.4. The SMILES string of the molecule is CC(=O)N[C@@](C)(C(=O)O)c1cccs1. The van der Waals surface area contributed by atoms with Gasteiger partial charge < -0.3 is 10.4 Å². The highest BCUT2D eigenvalue weighted by Crippen LogP contribution is 2.25. The van der Waals surface area contributed by atoms with Gasteiger partial charge in [-0.3, -0.25) is 4.79 Å². The van der Waals surface area contributed by atoms with E-state index in [0.717, 1.165) is 0 Å². The third kappa shape index (κ3) is 1.93. The first-order chi connectivity index (χ1) is 6.47. The van der Waals surface area contributed by atoms with Crippen LogP contribution in [0.2, 0.25) is 0 Å². The van der Waals surface area contributed by atoms with Crippen LogP contribution < -0.4 is 5.32 Å². The molecule has 76 valence electrons. The summed E-state index contributed by atoms with van der Waals surface area (Å²) in [6, 6.07) is 3.44. The fourth-order valence-electron chi connectivity index (χ4n) is 1.14. The van der Waals surface area contributed by atoms with Gasteiger partial charge in [0.2, 0.25) is 5.91 Å². The van der Waals surface area contributed by atoms with Gasteiger partial charge in [-0.2, -0.15) is 0 Å². The summed E-state index contributed by atoms with van der Waals surface area (Å²) in [5, 5.41) is 13.3. The second-order valence-electron chi connectivity index (χ2n) is 3.09. The summed E-state index contributed by atoms with van der Waals surface area (Å²) >= 11 is 1.30.